The first-order chi connectivity index (χ1) is 7.31. The van der Waals surface area contributed by atoms with Gasteiger partial charge < -0.3 is 10.4 Å². The van der Waals surface area contributed by atoms with Gasteiger partial charge in [0.2, 0.25) is 0 Å². The molecule has 1 aliphatic heterocycles. The predicted molar refractivity (Wildman–Crippen MR) is 64.5 cm³/mol. The Bertz CT molecular complexity index is 329. The quantitative estimate of drug-likeness (QED) is 0.817. The van der Waals surface area contributed by atoms with Crippen LogP contribution in [0.1, 0.15) is 18.4 Å². The van der Waals surface area contributed by atoms with Crippen LogP contribution >= 0.6 is 11.8 Å². The third-order valence-corrected chi connectivity index (χ3v) is 4.04. The molecule has 0 saturated heterocycles. The van der Waals surface area contributed by atoms with Gasteiger partial charge in [0.25, 0.3) is 0 Å². The topological polar surface area (TPSA) is 32.3 Å². The third kappa shape index (κ3) is 2.54. The largest absolute Gasteiger partial charge is 0.395 e. The number of benzene rings is 1. The molecule has 2 N–H and O–H groups in total. The molecule has 0 aromatic heterocycles. The maximum atomic E-state index is 8.94. The van der Waals surface area contributed by atoms with Crippen LogP contribution in [0.3, 0.4) is 0 Å². The van der Waals surface area contributed by atoms with Gasteiger partial charge in [-0.15, -0.1) is 11.8 Å². The van der Waals surface area contributed by atoms with E-state index in [1.165, 1.54) is 10.5 Å². The van der Waals surface area contributed by atoms with Gasteiger partial charge in [-0.05, 0) is 18.6 Å². The molecule has 1 aromatic carbocycles. The van der Waals surface area contributed by atoms with E-state index in [1.54, 1.807) is 0 Å². The zero-order valence-corrected chi connectivity index (χ0v) is 9.76. The standard InChI is InChI=1S/C12H17NOS/c1-9(7-14)13-6-10-8-15-12-5-3-2-4-11(10)12/h2-5,9-10,13-14H,6-8H2,1H3. The van der Waals surface area contributed by atoms with E-state index in [0.717, 1.165) is 12.3 Å². The van der Waals surface area contributed by atoms with Gasteiger partial charge in [-0.25, -0.2) is 0 Å². The van der Waals surface area contributed by atoms with Gasteiger partial charge in [0.05, 0.1) is 6.61 Å². The Hall–Kier alpha value is -0.510. The molecular weight excluding hydrogens is 206 g/mol. The van der Waals surface area contributed by atoms with Crippen LogP contribution in [0.4, 0.5) is 0 Å². The molecule has 82 valence electrons. The Labute approximate surface area is 95.1 Å². The van der Waals surface area contributed by atoms with E-state index < -0.39 is 0 Å². The van der Waals surface area contributed by atoms with Crippen LogP contribution in [0.2, 0.25) is 0 Å². The van der Waals surface area contributed by atoms with Gasteiger partial charge in [-0.3, -0.25) is 0 Å². The summed E-state index contributed by atoms with van der Waals surface area (Å²) in [5, 5.41) is 12.3. The molecule has 2 rings (SSSR count). The molecule has 3 heteroatoms. The molecule has 0 bridgehead atoms. The maximum Gasteiger partial charge on any atom is 0.0581 e. The second-order valence-corrected chi connectivity index (χ2v) is 5.10. The SMILES string of the molecule is CC(CO)NCC1CSc2ccccc21. The smallest absolute Gasteiger partial charge is 0.0581 e. The summed E-state index contributed by atoms with van der Waals surface area (Å²) in [6.45, 7) is 3.18. The number of aliphatic hydroxyl groups excluding tert-OH is 1. The van der Waals surface area contributed by atoms with Crippen molar-refractivity contribution in [3.63, 3.8) is 0 Å². The predicted octanol–water partition coefficient (Wildman–Crippen LogP) is 1.85. The fourth-order valence-corrected chi connectivity index (χ4v) is 3.06. The van der Waals surface area contributed by atoms with Crippen molar-refractivity contribution in [2.75, 3.05) is 18.9 Å². The summed E-state index contributed by atoms with van der Waals surface area (Å²) < 4.78 is 0. The number of aliphatic hydroxyl groups is 1. The average Bonchev–Trinajstić information content (AvgIpc) is 2.69. The summed E-state index contributed by atoms with van der Waals surface area (Å²) >= 11 is 1.93. The molecule has 2 nitrogen and oxygen atoms in total. The van der Waals surface area contributed by atoms with Gasteiger partial charge in [-0.1, -0.05) is 18.2 Å². The second-order valence-electron chi connectivity index (χ2n) is 4.04. The molecule has 2 unspecified atom stereocenters. The lowest BCUT2D eigenvalue weighted by Gasteiger charge is -2.15. The fourth-order valence-electron chi connectivity index (χ4n) is 1.81. The van der Waals surface area contributed by atoms with Crippen molar-refractivity contribution in [3.8, 4) is 0 Å². The van der Waals surface area contributed by atoms with E-state index in [9.17, 15) is 0 Å². The van der Waals surface area contributed by atoms with Crippen LogP contribution in [0.25, 0.3) is 0 Å². The molecule has 0 radical (unpaired) electrons. The summed E-state index contributed by atoms with van der Waals surface area (Å²) in [6.07, 6.45) is 0. The summed E-state index contributed by atoms with van der Waals surface area (Å²) in [5.74, 6) is 1.75. The van der Waals surface area contributed by atoms with Crippen LogP contribution in [-0.2, 0) is 0 Å². The van der Waals surface area contributed by atoms with Crippen molar-refractivity contribution >= 4 is 11.8 Å². The molecule has 0 saturated carbocycles. The molecule has 2 atom stereocenters. The Morgan fingerprint density at radius 1 is 1.53 bits per heavy atom. The zero-order valence-electron chi connectivity index (χ0n) is 8.94. The van der Waals surface area contributed by atoms with Crippen LogP contribution in [0, 0.1) is 0 Å². The number of thioether (sulfide) groups is 1. The minimum atomic E-state index is 0.197. The molecule has 1 aromatic rings. The van der Waals surface area contributed by atoms with Gasteiger partial charge in [0, 0.05) is 29.2 Å². The minimum absolute atomic E-state index is 0.197. The highest BCUT2D eigenvalue weighted by Gasteiger charge is 2.22. The Kier molecular flexibility index (Phi) is 3.67. The van der Waals surface area contributed by atoms with E-state index in [2.05, 4.69) is 29.6 Å². The monoisotopic (exact) mass is 223 g/mol. The van der Waals surface area contributed by atoms with Gasteiger partial charge >= 0.3 is 0 Å². The maximum absolute atomic E-state index is 8.94. The van der Waals surface area contributed by atoms with Crippen LogP contribution < -0.4 is 5.32 Å². The Morgan fingerprint density at radius 3 is 3.13 bits per heavy atom. The van der Waals surface area contributed by atoms with Crippen LogP contribution in [0.15, 0.2) is 29.2 Å². The van der Waals surface area contributed by atoms with Crippen molar-refractivity contribution in [3.05, 3.63) is 29.8 Å². The van der Waals surface area contributed by atoms with Crippen molar-refractivity contribution in [1.82, 2.24) is 5.32 Å². The lowest BCUT2D eigenvalue weighted by atomic mass is 10.0. The van der Waals surface area contributed by atoms with E-state index in [1.807, 2.05) is 18.7 Å². The Balaban J connectivity index is 1.96. The number of hydrogen-bond acceptors (Lipinski definition) is 3. The number of hydrogen-bond donors (Lipinski definition) is 2. The Morgan fingerprint density at radius 2 is 2.33 bits per heavy atom. The van der Waals surface area contributed by atoms with Gasteiger partial charge in [0.1, 0.15) is 0 Å². The number of nitrogens with one attached hydrogen (secondary N) is 1. The number of rotatable bonds is 4. The van der Waals surface area contributed by atoms with E-state index >= 15 is 0 Å². The third-order valence-electron chi connectivity index (χ3n) is 2.79. The van der Waals surface area contributed by atoms with Crippen LogP contribution in [-0.4, -0.2) is 30.1 Å². The highest BCUT2D eigenvalue weighted by atomic mass is 32.2. The molecule has 1 heterocycles. The molecule has 1 aliphatic rings. The first-order valence-corrected chi connectivity index (χ1v) is 6.35. The zero-order chi connectivity index (χ0) is 10.7. The van der Waals surface area contributed by atoms with E-state index in [4.69, 9.17) is 5.11 Å². The molecule has 0 aliphatic carbocycles. The van der Waals surface area contributed by atoms with Gasteiger partial charge in [0.15, 0.2) is 0 Å². The fraction of sp³-hybridized carbons (Fsp3) is 0.500. The lowest BCUT2D eigenvalue weighted by molar-refractivity contribution is 0.250. The van der Waals surface area contributed by atoms with Crippen LogP contribution in [0.5, 0.6) is 0 Å². The van der Waals surface area contributed by atoms with E-state index in [0.29, 0.717) is 5.92 Å². The second kappa shape index (κ2) is 5.01. The first-order valence-electron chi connectivity index (χ1n) is 5.37. The molecule has 0 amide bonds. The molecule has 0 spiro atoms. The molecule has 15 heavy (non-hydrogen) atoms. The first kappa shape index (κ1) is 11.0. The average molecular weight is 223 g/mol. The normalized spacial score (nSPS) is 21.3. The minimum Gasteiger partial charge on any atom is -0.395 e. The summed E-state index contributed by atoms with van der Waals surface area (Å²) in [7, 11) is 0. The highest BCUT2D eigenvalue weighted by Crippen LogP contribution is 2.38. The number of fused-ring (bicyclic) bond motifs is 1. The van der Waals surface area contributed by atoms with Crippen molar-refractivity contribution < 1.29 is 5.11 Å². The van der Waals surface area contributed by atoms with Gasteiger partial charge in [-0.2, -0.15) is 0 Å². The summed E-state index contributed by atoms with van der Waals surface area (Å²) in [4.78, 5) is 1.42. The molecular formula is C12H17NOS. The molecule has 0 fully saturated rings. The van der Waals surface area contributed by atoms with Crippen molar-refractivity contribution in [2.24, 2.45) is 0 Å². The highest BCUT2D eigenvalue weighted by molar-refractivity contribution is 7.99. The summed E-state index contributed by atoms with van der Waals surface area (Å²) in [6, 6.07) is 8.80. The van der Waals surface area contributed by atoms with E-state index in [-0.39, 0.29) is 12.6 Å². The van der Waals surface area contributed by atoms with Crippen molar-refractivity contribution in [2.45, 2.75) is 23.8 Å². The summed E-state index contributed by atoms with van der Waals surface area (Å²) in [5.41, 5.74) is 1.46. The van der Waals surface area contributed by atoms with Crippen molar-refractivity contribution in [1.29, 1.82) is 0 Å². The lowest BCUT2D eigenvalue weighted by Crippen LogP contribution is -2.33.